The smallest absolute Gasteiger partial charge is 0.343 e. The first kappa shape index (κ1) is 19.4. The van der Waals surface area contributed by atoms with Crippen LogP contribution in [0.5, 0.6) is 5.75 Å². The molecule has 134 valence electrons. The van der Waals surface area contributed by atoms with E-state index < -0.39 is 23.3 Å². The van der Waals surface area contributed by atoms with E-state index in [9.17, 15) is 17.6 Å². The summed E-state index contributed by atoms with van der Waals surface area (Å²) in [6.45, 7) is 5.85. The summed E-state index contributed by atoms with van der Waals surface area (Å²) in [5, 5.41) is 0. The van der Waals surface area contributed by atoms with E-state index in [0.717, 1.165) is 13.1 Å². The molecule has 2 aromatic rings. The predicted molar refractivity (Wildman–Crippen MR) is 87.0 cm³/mol. The molecule has 2 rings (SSSR count). The van der Waals surface area contributed by atoms with Crippen molar-refractivity contribution in [2.45, 2.75) is 13.8 Å². The molecule has 0 N–H and O–H groups in total. The van der Waals surface area contributed by atoms with Crippen molar-refractivity contribution in [3.63, 3.8) is 0 Å². The standard InChI is InChI=1S/C17H17F4NO2Si/c1-3-22(4-2)25-24-10-23-12-7-5-11(6-8-12)13-9-14(18)16(20)17(21)15(13)19/h5-9H,3-4,10H2,1-2H3. The van der Waals surface area contributed by atoms with Crippen LogP contribution in [0.15, 0.2) is 30.3 Å². The fourth-order valence-electron chi connectivity index (χ4n) is 2.08. The van der Waals surface area contributed by atoms with E-state index in [2.05, 4.69) is 4.57 Å². The molecule has 0 amide bonds. The molecule has 25 heavy (non-hydrogen) atoms. The lowest BCUT2D eigenvalue weighted by Gasteiger charge is -2.15. The number of nitrogens with zero attached hydrogens (tertiary/aromatic N) is 1. The number of hydrogen-bond donors (Lipinski definition) is 0. The van der Waals surface area contributed by atoms with Crippen LogP contribution >= 0.6 is 0 Å². The maximum atomic E-state index is 13.8. The zero-order valence-electron chi connectivity index (χ0n) is 13.8. The van der Waals surface area contributed by atoms with Gasteiger partial charge in [-0.15, -0.1) is 0 Å². The predicted octanol–water partition coefficient (Wildman–Crippen LogP) is 4.14. The molecule has 0 saturated heterocycles. The second-order valence-electron chi connectivity index (χ2n) is 5.04. The normalized spacial score (nSPS) is 11.2. The van der Waals surface area contributed by atoms with E-state index in [-0.39, 0.29) is 27.8 Å². The molecule has 0 atom stereocenters. The highest BCUT2D eigenvalue weighted by Crippen LogP contribution is 2.29. The van der Waals surface area contributed by atoms with Gasteiger partial charge in [-0.3, -0.25) is 0 Å². The summed E-state index contributed by atoms with van der Waals surface area (Å²) in [5.74, 6) is -6.08. The zero-order valence-corrected chi connectivity index (χ0v) is 14.8. The second kappa shape index (κ2) is 8.98. The van der Waals surface area contributed by atoms with E-state index in [1.165, 1.54) is 24.3 Å². The Kier molecular flexibility index (Phi) is 6.98. The zero-order chi connectivity index (χ0) is 18.4. The summed E-state index contributed by atoms with van der Waals surface area (Å²) in [7, 11) is 0.184. The van der Waals surface area contributed by atoms with Gasteiger partial charge in [0.1, 0.15) is 5.75 Å². The summed E-state index contributed by atoms with van der Waals surface area (Å²) in [5.41, 5.74) is -0.157. The van der Waals surface area contributed by atoms with Gasteiger partial charge in [0, 0.05) is 5.56 Å². The third-order valence-electron chi connectivity index (χ3n) is 3.51. The average Bonchev–Trinajstić information content (AvgIpc) is 2.64. The maximum absolute atomic E-state index is 13.8. The lowest BCUT2D eigenvalue weighted by atomic mass is 10.0. The highest BCUT2D eigenvalue weighted by molar-refractivity contribution is 6.23. The van der Waals surface area contributed by atoms with E-state index >= 15 is 0 Å². The Bertz CT molecular complexity index is 709. The lowest BCUT2D eigenvalue weighted by molar-refractivity contribution is 0.113. The topological polar surface area (TPSA) is 21.7 Å². The van der Waals surface area contributed by atoms with Gasteiger partial charge >= 0.3 is 9.92 Å². The van der Waals surface area contributed by atoms with Gasteiger partial charge in [0.2, 0.25) is 0 Å². The lowest BCUT2D eigenvalue weighted by Crippen LogP contribution is -2.30. The van der Waals surface area contributed by atoms with Gasteiger partial charge in [-0.1, -0.05) is 26.0 Å². The Morgan fingerprint density at radius 2 is 1.56 bits per heavy atom. The van der Waals surface area contributed by atoms with Gasteiger partial charge in [0.05, 0.1) is 0 Å². The minimum absolute atomic E-state index is 0.0441. The first-order valence-electron chi connectivity index (χ1n) is 7.66. The first-order valence-corrected chi connectivity index (χ1v) is 8.52. The van der Waals surface area contributed by atoms with Gasteiger partial charge in [-0.2, -0.15) is 0 Å². The van der Waals surface area contributed by atoms with Crippen LogP contribution in [-0.4, -0.2) is 34.4 Å². The molecular formula is C17H17F4NO2Si. The second-order valence-corrected chi connectivity index (χ2v) is 6.15. The Morgan fingerprint density at radius 3 is 2.16 bits per heavy atom. The molecule has 0 saturated carbocycles. The molecule has 0 aliphatic rings. The van der Waals surface area contributed by atoms with Crippen LogP contribution < -0.4 is 4.74 Å². The van der Waals surface area contributed by atoms with E-state index in [1.807, 2.05) is 13.8 Å². The van der Waals surface area contributed by atoms with Crippen LogP contribution in [-0.2, 0) is 4.43 Å². The Labute approximate surface area is 146 Å². The molecule has 0 bridgehead atoms. The van der Waals surface area contributed by atoms with Crippen molar-refractivity contribution >= 4 is 9.92 Å². The van der Waals surface area contributed by atoms with Crippen molar-refractivity contribution < 1.29 is 26.7 Å². The molecule has 8 heteroatoms. The van der Waals surface area contributed by atoms with Gasteiger partial charge in [-0.05, 0) is 36.9 Å². The van der Waals surface area contributed by atoms with Crippen LogP contribution in [0, 0.1) is 23.3 Å². The molecule has 0 heterocycles. The van der Waals surface area contributed by atoms with Crippen molar-refractivity contribution in [3.05, 3.63) is 53.6 Å². The molecule has 0 spiro atoms. The van der Waals surface area contributed by atoms with Gasteiger partial charge < -0.3 is 13.7 Å². The summed E-state index contributed by atoms with van der Waals surface area (Å²) < 4.78 is 66.3. The number of hydrogen-bond acceptors (Lipinski definition) is 3. The first-order chi connectivity index (χ1) is 12.0. The van der Waals surface area contributed by atoms with Crippen LogP contribution in [0.25, 0.3) is 11.1 Å². The van der Waals surface area contributed by atoms with E-state index in [1.54, 1.807) is 0 Å². The number of ether oxygens (including phenoxy) is 1. The highest BCUT2D eigenvalue weighted by Gasteiger charge is 2.19. The SMILES string of the molecule is CCN(CC)[Si]OCOc1ccc(-c2cc(F)c(F)c(F)c2F)cc1. The summed E-state index contributed by atoms with van der Waals surface area (Å²) in [4.78, 5) is 0. The van der Waals surface area contributed by atoms with E-state index in [0.29, 0.717) is 11.8 Å². The largest absolute Gasteiger partial charge is 0.469 e. The Hall–Kier alpha value is -1.90. The van der Waals surface area contributed by atoms with E-state index in [4.69, 9.17) is 9.16 Å². The van der Waals surface area contributed by atoms with Gasteiger partial charge in [0.15, 0.2) is 30.1 Å². The Balaban J connectivity index is 2.01. The van der Waals surface area contributed by atoms with Crippen LogP contribution in [0.1, 0.15) is 13.8 Å². The summed E-state index contributed by atoms with van der Waals surface area (Å²) >= 11 is 0. The Morgan fingerprint density at radius 1 is 0.920 bits per heavy atom. The maximum Gasteiger partial charge on any atom is 0.343 e. The third kappa shape index (κ3) is 4.81. The van der Waals surface area contributed by atoms with Crippen molar-refractivity contribution in [2.24, 2.45) is 0 Å². The molecule has 0 unspecified atom stereocenters. The van der Waals surface area contributed by atoms with Crippen molar-refractivity contribution in [3.8, 4) is 16.9 Å². The van der Waals surface area contributed by atoms with Crippen LogP contribution in [0.3, 0.4) is 0 Å². The van der Waals surface area contributed by atoms with Crippen molar-refractivity contribution in [1.29, 1.82) is 0 Å². The fourth-order valence-corrected chi connectivity index (χ4v) is 2.63. The molecule has 3 nitrogen and oxygen atoms in total. The molecule has 2 aromatic carbocycles. The van der Waals surface area contributed by atoms with Crippen LogP contribution in [0.4, 0.5) is 17.6 Å². The number of rotatable bonds is 8. The molecule has 0 aliphatic heterocycles. The van der Waals surface area contributed by atoms with Crippen molar-refractivity contribution in [2.75, 3.05) is 19.9 Å². The average molecular weight is 371 g/mol. The fraction of sp³-hybridized carbons (Fsp3) is 0.294. The molecule has 0 aliphatic carbocycles. The molecule has 2 radical (unpaired) electrons. The monoisotopic (exact) mass is 371 g/mol. The molecule has 0 fully saturated rings. The third-order valence-corrected chi connectivity index (χ3v) is 4.65. The van der Waals surface area contributed by atoms with Gasteiger partial charge in [-0.25, -0.2) is 17.6 Å². The molecule has 0 aromatic heterocycles. The summed E-state index contributed by atoms with van der Waals surface area (Å²) in [6, 6.07) is 6.50. The quantitative estimate of drug-likeness (QED) is 0.174. The highest BCUT2D eigenvalue weighted by atomic mass is 28.2. The number of benzene rings is 2. The van der Waals surface area contributed by atoms with Crippen LogP contribution in [0.2, 0.25) is 0 Å². The molecular weight excluding hydrogens is 354 g/mol. The summed E-state index contributed by atoms with van der Waals surface area (Å²) in [6.07, 6.45) is 0. The minimum Gasteiger partial charge on any atom is -0.469 e. The van der Waals surface area contributed by atoms with Crippen molar-refractivity contribution in [1.82, 2.24) is 4.57 Å². The minimum atomic E-state index is -1.83. The number of halogens is 4. The van der Waals surface area contributed by atoms with Gasteiger partial charge in [0.25, 0.3) is 0 Å².